The van der Waals surface area contributed by atoms with Crippen molar-refractivity contribution in [2.75, 3.05) is 0 Å². The molecule has 1 heterocycles. The van der Waals surface area contributed by atoms with Crippen molar-refractivity contribution < 1.29 is 0 Å². The van der Waals surface area contributed by atoms with Crippen LogP contribution in [0.3, 0.4) is 0 Å². The molecule has 0 amide bonds. The van der Waals surface area contributed by atoms with Gasteiger partial charge in [-0.3, -0.25) is 0 Å². The summed E-state index contributed by atoms with van der Waals surface area (Å²) in [6.45, 7) is 6.20. The van der Waals surface area contributed by atoms with Crippen molar-refractivity contribution in [3.63, 3.8) is 0 Å². The van der Waals surface area contributed by atoms with E-state index in [1.165, 1.54) is 35.1 Å². The summed E-state index contributed by atoms with van der Waals surface area (Å²) >= 11 is 6.11. The SMILES string of the molecule is C=C(C)c1ccccc1CCCCc1cccc(/C=C/c2ccc3ccc(Cl)cc3n2)c1. The quantitative estimate of drug-likeness (QED) is 0.251. The van der Waals surface area contributed by atoms with Crippen LogP contribution >= 0.6 is 11.6 Å². The molecule has 0 aliphatic heterocycles. The zero-order chi connectivity index (χ0) is 22.3. The van der Waals surface area contributed by atoms with E-state index in [1.54, 1.807) is 0 Å². The van der Waals surface area contributed by atoms with Crippen LogP contribution in [-0.4, -0.2) is 4.98 Å². The highest BCUT2D eigenvalue weighted by Crippen LogP contribution is 2.21. The number of nitrogens with zero attached hydrogens (tertiary/aromatic N) is 1. The molecule has 0 aliphatic rings. The molecule has 0 bridgehead atoms. The maximum atomic E-state index is 6.11. The number of hydrogen-bond donors (Lipinski definition) is 0. The van der Waals surface area contributed by atoms with Crippen LogP contribution in [0, 0.1) is 0 Å². The summed E-state index contributed by atoms with van der Waals surface area (Å²) in [5, 5.41) is 1.81. The van der Waals surface area contributed by atoms with Gasteiger partial charge in [0.05, 0.1) is 11.2 Å². The first-order chi connectivity index (χ1) is 15.6. The molecule has 160 valence electrons. The second-order valence-electron chi connectivity index (χ2n) is 8.30. The van der Waals surface area contributed by atoms with E-state index in [0.29, 0.717) is 5.02 Å². The molecule has 2 heteroatoms. The Bertz CT molecular complexity index is 1270. The minimum Gasteiger partial charge on any atom is -0.248 e. The highest BCUT2D eigenvalue weighted by molar-refractivity contribution is 6.31. The Morgan fingerprint density at radius 3 is 2.56 bits per heavy atom. The van der Waals surface area contributed by atoms with Crippen molar-refractivity contribution in [3.05, 3.63) is 118 Å². The number of unbranched alkanes of at least 4 members (excludes halogenated alkanes) is 1. The minimum atomic E-state index is 0.710. The third-order valence-electron chi connectivity index (χ3n) is 5.71. The Balaban J connectivity index is 1.36. The van der Waals surface area contributed by atoms with Gasteiger partial charge in [-0.15, -0.1) is 0 Å². The number of aryl methyl sites for hydroxylation is 2. The van der Waals surface area contributed by atoms with Gasteiger partial charge in [-0.1, -0.05) is 90.5 Å². The van der Waals surface area contributed by atoms with Gasteiger partial charge in [-0.2, -0.15) is 0 Å². The van der Waals surface area contributed by atoms with E-state index < -0.39 is 0 Å². The van der Waals surface area contributed by atoms with E-state index in [1.807, 2.05) is 24.3 Å². The van der Waals surface area contributed by atoms with Crippen LogP contribution < -0.4 is 0 Å². The second kappa shape index (κ2) is 10.4. The Morgan fingerprint density at radius 2 is 1.69 bits per heavy atom. The first-order valence-electron chi connectivity index (χ1n) is 11.2. The van der Waals surface area contributed by atoms with Crippen molar-refractivity contribution in [2.24, 2.45) is 0 Å². The lowest BCUT2D eigenvalue weighted by atomic mass is 9.96. The van der Waals surface area contributed by atoms with Gasteiger partial charge >= 0.3 is 0 Å². The maximum Gasteiger partial charge on any atom is 0.0724 e. The van der Waals surface area contributed by atoms with Crippen LogP contribution in [0.2, 0.25) is 5.02 Å². The summed E-state index contributed by atoms with van der Waals surface area (Å²) in [5.41, 5.74) is 8.26. The van der Waals surface area contributed by atoms with E-state index in [-0.39, 0.29) is 0 Å². The van der Waals surface area contributed by atoms with Crippen LogP contribution in [0.5, 0.6) is 0 Å². The lowest BCUT2D eigenvalue weighted by Gasteiger charge is -2.09. The molecule has 0 saturated carbocycles. The maximum absolute atomic E-state index is 6.11. The lowest BCUT2D eigenvalue weighted by Crippen LogP contribution is -1.93. The van der Waals surface area contributed by atoms with Crippen molar-refractivity contribution in [1.29, 1.82) is 0 Å². The summed E-state index contributed by atoms with van der Waals surface area (Å²) in [4.78, 5) is 4.70. The fourth-order valence-corrected chi connectivity index (χ4v) is 4.20. The molecule has 0 spiro atoms. The van der Waals surface area contributed by atoms with E-state index >= 15 is 0 Å². The van der Waals surface area contributed by atoms with Gasteiger partial charge in [0.25, 0.3) is 0 Å². The van der Waals surface area contributed by atoms with Crippen LogP contribution in [0.4, 0.5) is 0 Å². The van der Waals surface area contributed by atoms with Crippen molar-refractivity contribution in [1.82, 2.24) is 4.98 Å². The molecule has 4 rings (SSSR count). The largest absolute Gasteiger partial charge is 0.248 e. The zero-order valence-corrected chi connectivity index (χ0v) is 19.3. The lowest BCUT2D eigenvalue weighted by molar-refractivity contribution is 0.733. The van der Waals surface area contributed by atoms with Gasteiger partial charge in [-0.25, -0.2) is 4.98 Å². The average molecular weight is 438 g/mol. The number of benzene rings is 3. The van der Waals surface area contributed by atoms with E-state index in [9.17, 15) is 0 Å². The number of allylic oxidation sites excluding steroid dienone is 1. The fraction of sp³-hybridized carbons (Fsp3) is 0.167. The number of aromatic nitrogens is 1. The standard InChI is InChI=1S/C30H28ClN/c1-22(2)29-13-6-5-12-25(29)11-4-3-8-23-9-7-10-24(20-23)14-18-28-19-16-26-15-17-27(31)21-30(26)32-28/h5-7,9-10,12-21H,1,3-4,8,11H2,2H3/b18-14+. The normalized spacial score (nSPS) is 11.3. The highest BCUT2D eigenvalue weighted by atomic mass is 35.5. The Morgan fingerprint density at radius 1 is 0.875 bits per heavy atom. The van der Waals surface area contributed by atoms with Gasteiger partial charge in [0.1, 0.15) is 0 Å². The summed E-state index contributed by atoms with van der Waals surface area (Å²) in [5.74, 6) is 0. The highest BCUT2D eigenvalue weighted by Gasteiger charge is 2.03. The zero-order valence-electron chi connectivity index (χ0n) is 18.5. The van der Waals surface area contributed by atoms with E-state index in [0.717, 1.165) is 35.0 Å². The molecule has 0 radical (unpaired) electrons. The van der Waals surface area contributed by atoms with Crippen molar-refractivity contribution >= 4 is 40.2 Å². The molecule has 0 saturated heterocycles. The molecule has 1 aromatic heterocycles. The molecule has 3 aromatic carbocycles. The van der Waals surface area contributed by atoms with E-state index in [4.69, 9.17) is 16.6 Å². The van der Waals surface area contributed by atoms with Gasteiger partial charge in [-0.05, 0) is 79.1 Å². The molecule has 32 heavy (non-hydrogen) atoms. The van der Waals surface area contributed by atoms with Crippen LogP contribution in [0.1, 0.15) is 47.7 Å². The predicted octanol–water partition coefficient (Wildman–Crippen LogP) is 8.66. The number of rotatable bonds is 8. The smallest absolute Gasteiger partial charge is 0.0724 e. The van der Waals surface area contributed by atoms with Gasteiger partial charge in [0.2, 0.25) is 0 Å². The third kappa shape index (κ3) is 5.75. The van der Waals surface area contributed by atoms with Crippen LogP contribution in [0.15, 0.2) is 85.4 Å². The third-order valence-corrected chi connectivity index (χ3v) is 5.95. The van der Waals surface area contributed by atoms with Crippen molar-refractivity contribution in [2.45, 2.75) is 32.6 Å². The molecular formula is C30H28ClN. The fourth-order valence-electron chi connectivity index (χ4n) is 4.03. The minimum absolute atomic E-state index is 0.710. The van der Waals surface area contributed by atoms with Crippen LogP contribution in [-0.2, 0) is 12.8 Å². The number of hydrogen-bond acceptors (Lipinski definition) is 1. The number of pyridine rings is 1. The van der Waals surface area contributed by atoms with Gasteiger partial charge in [0, 0.05) is 10.4 Å². The Labute approximate surface area is 196 Å². The van der Waals surface area contributed by atoms with Gasteiger partial charge in [0.15, 0.2) is 0 Å². The molecule has 0 unspecified atom stereocenters. The Kier molecular flexibility index (Phi) is 7.19. The Hall–Kier alpha value is -3.16. The summed E-state index contributed by atoms with van der Waals surface area (Å²) in [6.07, 6.45) is 8.72. The molecule has 0 N–H and O–H groups in total. The second-order valence-corrected chi connectivity index (χ2v) is 8.73. The van der Waals surface area contributed by atoms with Gasteiger partial charge < -0.3 is 0 Å². The summed E-state index contributed by atoms with van der Waals surface area (Å²) < 4.78 is 0. The predicted molar refractivity (Wildman–Crippen MR) is 140 cm³/mol. The molecule has 0 fully saturated rings. The first kappa shape index (κ1) is 22.0. The number of halogens is 1. The topological polar surface area (TPSA) is 12.9 Å². The molecule has 4 aromatic rings. The molecule has 0 aliphatic carbocycles. The van der Waals surface area contributed by atoms with E-state index in [2.05, 4.69) is 80.3 Å². The molecular weight excluding hydrogens is 410 g/mol. The van der Waals surface area contributed by atoms with Crippen LogP contribution in [0.25, 0.3) is 28.6 Å². The molecule has 0 atom stereocenters. The monoisotopic (exact) mass is 437 g/mol. The summed E-state index contributed by atoms with van der Waals surface area (Å²) in [6, 6.07) is 27.3. The number of fused-ring (bicyclic) bond motifs is 1. The van der Waals surface area contributed by atoms with Crippen molar-refractivity contribution in [3.8, 4) is 0 Å². The first-order valence-corrected chi connectivity index (χ1v) is 11.5. The molecule has 1 nitrogen and oxygen atoms in total. The average Bonchev–Trinajstić information content (AvgIpc) is 2.80. The summed E-state index contributed by atoms with van der Waals surface area (Å²) in [7, 11) is 0.